The van der Waals surface area contributed by atoms with Gasteiger partial charge in [-0.15, -0.1) is 0 Å². The second-order valence-corrected chi connectivity index (χ2v) is 7.70. The largest absolute Gasteiger partial charge is 0.331 e. The molecule has 0 aliphatic carbocycles. The molecule has 0 radical (unpaired) electrons. The Balaban J connectivity index is 1.47. The third-order valence-corrected chi connectivity index (χ3v) is 5.34. The molecule has 4 rings (SSSR count). The van der Waals surface area contributed by atoms with Gasteiger partial charge in [-0.1, -0.05) is 28.1 Å². The van der Waals surface area contributed by atoms with Crippen molar-refractivity contribution in [2.45, 2.75) is 20.4 Å². The van der Waals surface area contributed by atoms with Gasteiger partial charge in [0, 0.05) is 29.1 Å². The monoisotopic (exact) mass is 449 g/mol. The summed E-state index contributed by atoms with van der Waals surface area (Å²) in [6, 6.07) is 15.6. The second kappa shape index (κ2) is 8.05. The maximum atomic E-state index is 12.7. The van der Waals surface area contributed by atoms with Gasteiger partial charge in [-0.2, -0.15) is 5.10 Å². The quantitative estimate of drug-likeness (QED) is 0.478. The summed E-state index contributed by atoms with van der Waals surface area (Å²) in [5, 5.41) is 7.33. The van der Waals surface area contributed by atoms with E-state index in [0.717, 1.165) is 39.5 Å². The van der Waals surface area contributed by atoms with Crippen LogP contribution in [0, 0.1) is 13.8 Å². The smallest absolute Gasteiger partial charge is 0.259 e. The Morgan fingerprint density at radius 1 is 1.07 bits per heavy atom. The van der Waals surface area contributed by atoms with Crippen molar-refractivity contribution in [2.24, 2.45) is 0 Å². The number of imidazole rings is 1. The summed E-state index contributed by atoms with van der Waals surface area (Å²) in [7, 11) is 0. The van der Waals surface area contributed by atoms with Crippen molar-refractivity contribution in [3.05, 3.63) is 94.2 Å². The molecule has 0 aliphatic rings. The van der Waals surface area contributed by atoms with Crippen LogP contribution in [0.1, 0.15) is 27.4 Å². The van der Waals surface area contributed by atoms with Gasteiger partial charge in [0.25, 0.3) is 5.91 Å². The Morgan fingerprint density at radius 3 is 2.45 bits per heavy atom. The topological polar surface area (TPSA) is 64.7 Å². The molecule has 1 N–H and O–H groups in total. The summed E-state index contributed by atoms with van der Waals surface area (Å²) < 4.78 is 4.83. The van der Waals surface area contributed by atoms with E-state index < -0.39 is 0 Å². The molecule has 0 bridgehead atoms. The minimum absolute atomic E-state index is 0.177. The predicted octanol–water partition coefficient (Wildman–Crippen LogP) is 4.75. The van der Waals surface area contributed by atoms with E-state index >= 15 is 0 Å². The summed E-state index contributed by atoms with van der Waals surface area (Å²) in [5.74, 6) is 0.796. The number of benzene rings is 2. The standard InChI is InChI=1S/C22H20BrN5O/c1-15-21(13-25-28(15)20-9-5-18(23)6-10-20)22(29)26-19-7-3-17(4-8-19)14-27-12-11-24-16(27)2/h3-13H,14H2,1-2H3,(H,26,29). The number of anilines is 1. The maximum absolute atomic E-state index is 12.7. The van der Waals surface area contributed by atoms with Crippen LogP contribution in [0.4, 0.5) is 5.69 Å². The molecule has 0 saturated heterocycles. The van der Waals surface area contributed by atoms with Gasteiger partial charge in [-0.3, -0.25) is 4.79 Å². The van der Waals surface area contributed by atoms with Crippen LogP contribution >= 0.6 is 15.9 Å². The van der Waals surface area contributed by atoms with E-state index in [-0.39, 0.29) is 5.91 Å². The zero-order valence-corrected chi connectivity index (χ0v) is 17.7. The van der Waals surface area contributed by atoms with Gasteiger partial charge in [0.15, 0.2) is 0 Å². The van der Waals surface area contributed by atoms with Crippen LogP contribution in [0.15, 0.2) is 71.6 Å². The van der Waals surface area contributed by atoms with E-state index in [4.69, 9.17) is 0 Å². The summed E-state index contributed by atoms with van der Waals surface area (Å²) in [5.41, 5.74) is 4.13. The van der Waals surface area contributed by atoms with Crippen molar-refractivity contribution in [1.82, 2.24) is 19.3 Å². The number of rotatable bonds is 5. The number of amides is 1. The number of nitrogens with one attached hydrogen (secondary N) is 1. The fourth-order valence-corrected chi connectivity index (χ4v) is 3.40. The Morgan fingerprint density at radius 2 is 1.79 bits per heavy atom. The molecule has 0 spiro atoms. The minimum Gasteiger partial charge on any atom is -0.331 e. The lowest BCUT2D eigenvalue weighted by Gasteiger charge is -2.09. The molecular weight excluding hydrogens is 430 g/mol. The number of hydrogen-bond acceptors (Lipinski definition) is 3. The first-order valence-electron chi connectivity index (χ1n) is 9.20. The molecule has 6 nitrogen and oxygen atoms in total. The van der Waals surface area contributed by atoms with E-state index in [9.17, 15) is 4.79 Å². The molecule has 0 saturated carbocycles. The molecular formula is C22H20BrN5O. The highest BCUT2D eigenvalue weighted by Crippen LogP contribution is 2.19. The lowest BCUT2D eigenvalue weighted by molar-refractivity contribution is 0.102. The zero-order chi connectivity index (χ0) is 20.4. The van der Waals surface area contributed by atoms with Crippen LogP contribution in [0.2, 0.25) is 0 Å². The number of halogens is 1. The second-order valence-electron chi connectivity index (χ2n) is 6.79. The van der Waals surface area contributed by atoms with Crippen LogP contribution in [0.5, 0.6) is 0 Å². The van der Waals surface area contributed by atoms with Crippen molar-refractivity contribution >= 4 is 27.5 Å². The van der Waals surface area contributed by atoms with Crippen LogP contribution in [0.3, 0.4) is 0 Å². The van der Waals surface area contributed by atoms with Crippen molar-refractivity contribution in [3.8, 4) is 5.69 Å². The molecule has 29 heavy (non-hydrogen) atoms. The predicted molar refractivity (Wildman–Crippen MR) is 116 cm³/mol. The molecule has 7 heteroatoms. The third-order valence-electron chi connectivity index (χ3n) is 4.81. The average Bonchev–Trinajstić information content (AvgIpc) is 3.30. The minimum atomic E-state index is -0.177. The van der Waals surface area contributed by atoms with Crippen LogP contribution in [0.25, 0.3) is 5.69 Å². The first-order valence-corrected chi connectivity index (χ1v) is 9.99. The van der Waals surface area contributed by atoms with E-state index in [1.807, 2.05) is 68.6 Å². The normalized spacial score (nSPS) is 10.9. The summed E-state index contributed by atoms with van der Waals surface area (Å²) >= 11 is 3.43. The summed E-state index contributed by atoms with van der Waals surface area (Å²) in [6.45, 7) is 4.62. The summed E-state index contributed by atoms with van der Waals surface area (Å²) in [6.07, 6.45) is 5.35. The molecule has 0 fully saturated rings. The van der Waals surface area contributed by atoms with Crippen molar-refractivity contribution in [1.29, 1.82) is 0 Å². The Kier molecular flexibility index (Phi) is 5.31. The lowest BCUT2D eigenvalue weighted by Crippen LogP contribution is -2.13. The van der Waals surface area contributed by atoms with Crippen molar-refractivity contribution < 1.29 is 4.79 Å². The number of carbonyl (C=O) groups excluding carboxylic acids is 1. The molecule has 1 amide bonds. The molecule has 2 aromatic heterocycles. The summed E-state index contributed by atoms with van der Waals surface area (Å²) in [4.78, 5) is 17.0. The Hall–Kier alpha value is -3.19. The molecule has 0 unspecified atom stereocenters. The average molecular weight is 450 g/mol. The zero-order valence-electron chi connectivity index (χ0n) is 16.1. The highest BCUT2D eigenvalue weighted by Gasteiger charge is 2.15. The fourth-order valence-electron chi connectivity index (χ4n) is 3.13. The van der Waals surface area contributed by atoms with Gasteiger partial charge in [0.2, 0.25) is 0 Å². The van der Waals surface area contributed by atoms with E-state index in [1.54, 1.807) is 17.1 Å². The highest BCUT2D eigenvalue weighted by atomic mass is 79.9. The molecule has 2 aromatic carbocycles. The molecule has 4 aromatic rings. The number of nitrogens with zero attached hydrogens (tertiary/aromatic N) is 4. The van der Waals surface area contributed by atoms with Crippen LogP contribution in [-0.2, 0) is 6.54 Å². The molecule has 0 atom stereocenters. The van der Waals surface area contributed by atoms with Crippen molar-refractivity contribution in [2.75, 3.05) is 5.32 Å². The SMILES string of the molecule is Cc1nccn1Cc1ccc(NC(=O)c2cnn(-c3ccc(Br)cc3)c2C)cc1. The van der Waals surface area contributed by atoms with Gasteiger partial charge in [0.05, 0.1) is 23.1 Å². The van der Waals surface area contributed by atoms with E-state index in [2.05, 4.69) is 35.9 Å². The number of aromatic nitrogens is 4. The number of carbonyl (C=O) groups is 1. The van der Waals surface area contributed by atoms with Gasteiger partial charge < -0.3 is 9.88 Å². The van der Waals surface area contributed by atoms with E-state index in [1.165, 1.54) is 0 Å². The first-order chi connectivity index (χ1) is 14.0. The molecule has 0 aliphatic heterocycles. The van der Waals surface area contributed by atoms with Gasteiger partial charge in [-0.25, -0.2) is 9.67 Å². The Labute approximate surface area is 177 Å². The molecule has 2 heterocycles. The van der Waals surface area contributed by atoms with Gasteiger partial charge in [0.1, 0.15) is 5.82 Å². The number of hydrogen-bond donors (Lipinski definition) is 1. The van der Waals surface area contributed by atoms with E-state index in [0.29, 0.717) is 5.56 Å². The fraction of sp³-hybridized carbons (Fsp3) is 0.136. The highest BCUT2D eigenvalue weighted by molar-refractivity contribution is 9.10. The van der Waals surface area contributed by atoms with Crippen LogP contribution < -0.4 is 5.32 Å². The first kappa shape index (κ1) is 19.1. The van der Waals surface area contributed by atoms with Crippen molar-refractivity contribution in [3.63, 3.8) is 0 Å². The molecule has 146 valence electrons. The van der Waals surface area contributed by atoms with Crippen LogP contribution in [-0.4, -0.2) is 25.2 Å². The third kappa shape index (κ3) is 4.14. The Bertz CT molecular complexity index is 1140. The van der Waals surface area contributed by atoms with Gasteiger partial charge >= 0.3 is 0 Å². The lowest BCUT2D eigenvalue weighted by atomic mass is 10.2. The van der Waals surface area contributed by atoms with Gasteiger partial charge in [-0.05, 0) is 55.8 Å². The maximum Gasteiger partial charge on any atom is 0.259 e. The number of aryl methyl sites for hydroxylation is 1.